The van der Waals surface area contributed by atoms with E-state index in [1.54, 1.807) is 18.2 Å². The molecule has 2 bridgehead atoms. The van der Waals surface area contributed by atoms with E-state index < -0.39 is 5.41 Å². The standard InChI is InChI=1S/C35H28ClN3O2S/c1-35(18-28-24-9-3-5-11-26(24)31(35)27-12-6-4-10-25(27)28)33(41)39-34-38-30(20-42-34)21-14-16-22(17-15-21)32(40)37-19-23-8-2-7-13-29(23)36/h2-17,20,28,31H,18-19H2,1H3,(H,37,40)(H,38,39,41). The number of halogens is 1. The van der Waals surface area contributed by atoms with Gasteiger partial charge in [0.05, 0.1) is 11.1 Å². The fourth-order valence-corrected chi connectivity index (χ4v) is 7.52. The summed E-state index contributed by atoms with van der Waals surface area (Å²) in [6, 6.07) is 31.9. The number of thiazole rings is 1. The molecule has 0 spiro atoms. The summed E-state index contributed by atoms with van der Waals surface area (Å²) >= 11 is 7.61. The Morgan fingerprint density at radius 2 is 1.50 bits per heavy atom. The van der Waals surface area contributed by atoms with E-state index in [-0.39, 0.29) is 23.7 Å². The molecule has 1 unspecified atom stereocenters. The van der Waals surface area contributed by atoms with Gasteiger partial charge in [0.15, 0.2) is 5.13 Å². The second-order valence-corrected chi connectivity index (χ2v) is 12.5. The van der Waals surface area contributed by atoms with Gasteiger partial charge < -0.3 is 10.6 Å². The van der Waals surface area contributed by atoms with Crippen LogP contribution in [0.15, 0.2) is 102 Å². The Morgan fingerprint density at radius 1 is 0.881 bits per heavy atom. The van der Waals surface area contributed by atoms with Crippen LogP contribution in [0.3, 0.4) is 0 Å². The monoisotopic (exact) mass is 589 g/mol. The first-order chi connectivity index (χ1) is 20.4. The van der Waals surface area contributed by atoms with Gasteiger partial charge in [0.2, 0.25) is 5.91 Å². The van der Waals surface area contributed by atoms with Crippen molar-refractivity contribution in [2.45, 2.75) is 31.7 Å². The number of carbonyl (C=O) groups excluding carboxylic acids is 2. The van der Waals surface area contributed by atoms with Gasteiger partial charge in [-0.2, -0.15) is 0 Å². The normalized spacial score (nSPS) is 20.0. The average Bonchev–Trinajstić information content (AvgIpc) is 3.49. The minimum absolute atomic E-state index is 0.00653. The van der Waals surface area contributed by atoms with Crippen molar-refractivity contribution in [3.8, 4) is 11.3 Å². The molecule has 7 heteroatoms. The maximum Gasteiger partial charge on any atom is 0.251 e. The number of aromatic nitrogens is 1. The van der Waals surface area contributed by atoms with Crippen molar-refractivity contribution in [1.29, 1.82) is 0 Å². The van der Waals surface area contributed by atoms with E-state index in [1.807, 2.05) is 35.7 Å². The summed E-state index contributed by atoms with van der Waals surface area (Å²) in [5.74, 6) is 0.00940. The van der Waals surface area contributed by atoms with Crippen molar-refractivity contribution in [2.24, 2.45) is 5.41 Å². The zero-order valence-electron chi connectivity index (χ0n) is 22.9. The lowest BCUT2D eigenvalue weighted by Crippen LogP contribution is -2.47. The molecule has 1 heterocycles. The minimum Gasteiger partial charge on any atom is -0.348 e. The highest BCUT2D eigenvalue weighted by Gasteiger charge is 2.54. The van der Waals surface area contributed by atoms with E-state index in [2.05, 4.69) is 66.1 Å². The Kier molecular flexibility index (Phi) is 6.68. The summed E-state index contributed by atoms with van der Waals surface area (Å²) in [7, 11) is 0. The lowest BCUT2D eigenvalue weighted by molar-refractivity contribution is -0.126. The molecule has 3 aliphatic carbocycles. The number of fused-ring (bicyclic) bond motifs is 1. The first kappa shape index (κ1) is 26.6. The van der Waals surface area contributed by atoms with Gasteiger partial charge >= 0.3 is 0 Å². The molecule has 8 rings (SSSR count). The van der Waals surface area contributed by atoms with Crippen molar-refractivity contribution >= 4 is 39.9 Å². The minimum atomic E-state index is -0.599. The van der Waals surface area contributed by atoms with E-state index in [1.165, 1.54) is 33.6 Å². The summed E-state index contributed by atoms with van der Waals surface area (Å²) in [6.45, 7) is 2.45. The Bertz CT molecular complexity index is 1780. The van der Waals surface area contributed by atoms with Crippen molar-refractivity contribution < 1.29 is 9.59 Å². The molecule has 1 aromatic heterocycles. The van der Waals surface area contributed by atoms with E-state index in [0.717, 1.165) is 23.2 Å². The highest BCUT2D eigenvalue weighted by atomic mass is 35.5. The first-order valence-corrected chi connectivity index (χ1v) is 15.2. The summed E-state index contributed by atoms with van der Waals surface area (Å²) in [5, 5.41) is 9.19. The van der Waals surface area contributed by atoms with Gasteiger partial charge in [0.25, 0.3) is 5.91 Å². The first-order valence-electron chi connectivity index (χ1n) is 14.0. The topological polar surface area (TPSA) is 71.1 Å². The highest BCUT2D eigenvalue weighted by molar-refractivity contribution is 7.14. The molecule has 4 aromatic carbocycles. The second-order valence-electron chi connectivity index (χ2n) is 11.2. The van der Waals surface area contributed by atoms with Crippen LogP contribution in [0.2, 0.25) is 5.02 Å². The number of carbonyl (C=O) groups is 2. The van der Waals surface area contributed by atoms with Crippen LogP contribution in [0, 0.1) is 5.41 Å². The molecule has 2 amide bonds. The van der Waals surface area contributed by atoms with Crippen LogP contribution < -0.4 is 10.6 Å². The van der Waals surface area contributed by atoms with E-state index in [9.17, 15) is 9.59 Å². The molecule has 2 N–H and O–H groups in total. The van der Waals surface area contributed by atoms with Gasteiger partial charge in [-0.05, 0) is 59.4 Å². The number of nitrogens with one attached hydrogen (secondary N) is 2. The van der Waals surface area contributed by atoms with E-state index in [0.29, 0.717) is 22.3 Å². The van der Waals surface area contributed by atoms with Crippen LogP contribution in [0.1, 0.15) is 63.4 Å². The van der Waals surface area contributed by atoms with Crippen LogP contribution in [0.5, 0.6) is 0 Å². The van der Waals surface area contributed by atoms with Crippen LogP contribution in [0.4, 0.5) is 5.13 Å². The Labute approximate surface area is 253 Å². The molecule has 0 fully saturated rings. The van der Waals surface area contributed by atoms with Crippen molar-refractivity contribution in [1.82, 2.24) is 10.3 Å². The third kappa shape index (κ3) is 4.52. The number of rotatable bonds is 6. The van der Waals surface area contributed by atoms with Crippen LogP contribution >= 0.6 is 22.9 Å². The van der Waals surface area contributed by atoms with Gasteiger partial charge in [0.1, 0.15) is 0 Å². The second kappa shape index (κ2) is 10.5. The number of hydrogen-bond acceptors (Lipinski definition) is 4. The molecule has 0 aliphatic heterocycles. The third-order valence-electron chi connectivity index (χ3n) is 8.71. The predicted octanol–water partition coefficient (Wildman–Crippen LogP) is 8.02. The fourth-order valence-electron chi connectivity index (χ4n) is 6.60. The van der Waals surface area contributed by atoms with Crippen LogP contribution in [0.25, 0.3) is 11.3 Å². The zero-order chi connectivity index (χ0) is 28.8. The molecular formula is C35H28ClN3O2S. The highest BCUT2D eigenvalue weighted by Crippen LogP contribution is 2.61. The number of nitrogens with zero attached hydrogens (tertiary/aromatic N) is 1. The van der Waals surface area contributed by atoms with Gasteiger partial charge in [0, 0.05) is 39.9 Å². The maximum atomic E-state index is 14.0. The summed E-state index contributed by atoms with van der Waals surface area (Å²) in [5.41, 5.74) is 7.62. The van der Waals surface area contributed by atoms with Gasteiger partial charge in [-0.25, -0.2) is 4.98 Å². The summed E-state index contributed by atoms with van der Waals surface area (Å²) < 4.78 is 0. The molecule has 1 atom stereocenters. The van der Waals surface area contributed by atoms with Crippen LogP contribution in [-0.4, -0.2) is 16.8 Å². The Hall–Kier alpha value is -4.26. The smallest absolute Gasteiger partial charge is 0.251 e. The lowest BCUT2D eigenvalue weighted by atomic mass is 9.52. The molecule has 0 saturated heterocycles. The molecular weight excluding hydrogens is 562 g/mol. The van der Waals surface area contributed by atoms with Crippen molar-refractivity contribution in [3.63, 3.8) is 0 Å². The molecule has 0 radical (unpaired) electrons. The van der Waals surface area contributed by atoms with Gasteiger partial charge in [-0.3, -0.25) is 9.59 Å². The largest absolute Gasteiger partial charge is 0.348 e. The molecule has 42 heavy (non-hydrogen) atoms. The predicted molar refractivity (Wildman–Crippen MR) is 168 cm³/mol. The van der Waals surface area contributed by atoms with E-state index in [4.69, 9.17) is 16.6 Å². The van der Waals surface area contributed by atoms with Crippen molar-refractivity contribution in [3.05, 3.63) is 141 Å². The number of hydrogen-bond donors (Lipinski definition) is 2. The zero-order valence-corrected chi connectivity index (χ0v) is 24.5. The molecule has 0 saturated carbocycles. The number of amides is 2. The Balaban J connectivity index is 1.06. The fraction of sp³-hybridized carbons (Fsp3) is 0.171. The molecule has 208 valence electrons. The average molecular weight is 590 g/mol. The van der Waals surface area contributed by atoms with Crippen molar-refractivity contribution in [2.75, 3.05) is 5.32 Å². The summed E-state index contributed by atoms with van der Waals surface area (Å²) in [6.07, 6.45) is 0.760. The van der Waals surface area contributed by atoms with Crippen LogP contribution in [-0.2, 0) is 11.3 Å². The summed E-state index contributed by atoms with van der Waals surface area (Å²) in [4.78, 5) is 31.4. The quantitative estimate of drug-likeness (QED) is 0.211. The third-order valence-corrected chi connectivity index (χ3v) is 9.84. The van der Waals surface area contributed by atoms with E-state index >= 15 is 0 Å². The number of benzene rings is 4. The maximum absolute atomic E-state index is 14.0. The number of anilines is 1. The molecule has 3 aliphatic rings. The molecule has 5 aromatic rings. The molecule has 5 nitrogen and oxygen atoms in total. The van der Waals surface area contributed by atoms with Gasteiger partial charge in [-0.1, -0.05) is 90.5 Å². The lowest BCUT2D eigenvalue weighted by Gasteiger charge is -2.50. The Morgan fingerprint density at radius 3 is 2.17 bits per heavy atom. The SMILES string of the molecule is CC1(C(=O)Nc2nc(-c3ccc(C(=O)NCc4ccccc4Cl)cc3)cs2)CC2c3ccccc3C1c1ccccc12. The van der Waals surface area contributed by atoms with Gasteiger partial charge in [-0.15, -0.1) is 11.3 Å².